The minimum Gasteiger partial charge on any atom is -0.493 e. The Morgan fingerprint density at radius 3 is 1.91 bits per heavy atom. The van der Waals surface area contributed by atoms with E-state index in [0.717, 1.165) is 18.0 Å². The zero-order chi connectivity index (χ0) is 25.9. The van der Waals surface area contributed by atoms with Gasteiger partial charge in [0.05, 0.1) is 37.5 Å². The molecular weight excluding hydrogens is 485 g/mol. The maximum atomic E-state index is 12.2. The van der Waals surface area contributed by atoms with Crippen LogP contribution in [0.3, 0.4) is 0 Å². The van der Waals surface area contributed by atoms with Crippen LogP contribution in [0.2, 0.25) is 45.3 Å². The summed E-state index contributed by atoms with van der Waals surface area (Å²) in [5.74, 6) is 1.64. The van der Waals surface area contributed by atoms with E-state index in [1.54, 1.807) is 39.5 Å². The molecule has 194 valence electrons. The van der Waals surface area contributed by atoms with Crippen LogP contribution in [0, 0.1) is 5.92 Å². The molecule has 0 radical (unpaired) electrons. The van der Waals surface area contributed by atoms with E-state index < -0.39 is 26.2 Å². The SMILES string of the molecule is COc1cc(/C=C/C(=O)OCCC(C)C[SiH2]C(O[Si](C)(C)C)O[Si](C)(C)C)cc(OC)c1OC. The van der Waals surface area contributed by atoms with Crippen molar-refractivity contribution in [2.75, 3.05) is 27.9 Å². The molecule has 0 aliphatic rings. The molecule has 0 saturated carbocycles. The molecule has 0 amide bonds. The number of ether oxygens (including phenoxy) is 4. The van der Waals surface area contributed by atoms with Gasteiger partial charge in [0.25, 0.3) is 0 Å². The molecule has 7 nitrogen and oxygen atoms in total. The number of benzene rings is 1. The number of esters is 1. The van der Waals surface area contributed by atoms with Crippen LogP contribution in [0.1, 0.15) is 18.9 Å². The van der Waals surface area contributed by atoms with Crippen molar-refractivity contribution in [3.05, 3.63) is 23.8 Å². The van der Waals surface area contributed by atoms with Gasteiger partial charge in [-0.2, -0.15) is 0 Å². The Bertz CT molecular complexity index is 760. The average Bonchev–Trinajstić information content (AvgIpc) is 2.73. The average molecular weight is 529 g/mol. The Labute approximate surface area is 210 Å². The van der Waals surface area contributed by atoms with E-state index in [-0.39, 0.29) is 11.9 Å². The van der Waals surface area contributed by atoms with E-state index in [1.807, 2.05) is 0 Å². The van der Waals surface area contributed by atoms with Crippen molar-refractivity contribution in [3.8, 4) is 17.2 Å². The molecule has 0 heterocycles. The fraction of sp³-hybridized carbons (Fsp3) is 0.625. The summed E-state index contributed by atoms with van der Waals surface area (Å²) in [6.45, 7) is 15.8. The van der Waals surface area contributed by atoms with Gasteiger partial charge in [-0.1, -0.05) is 13.0 Å². The number of carbonyl (C=O) groups excluding carboxylic acids is 1. The van der Waals surface area contributed by atoms with Crippen molar-refractivity contribution < 1.29 is 32.6 Å². The number of rotatable bonds is 15. The van der Waals surface area contributed by atoms with Crippen LogP contribution in [0.15, 0.2) is 18.2 Å². The monoisotopic (exact) mass is 528 g/mol. The molecule has 1 unspecified atom stereocenters. The second kappa shape index (κ2) is 14.1. The summed E-state index contributed by atoms with van der Waals surface area (Å²) in [6, 6.07) is 4.65. The predicted octanol–water partition coefficient (Wildman–Crippen LogP) is 4.87. The van der Waals surface area contributed by atoms with Gasteiger partial charge in [0, 0.05) is 6.08 Å². The van der Waals surface area contributed by atoms with Crippen LogP contribution in [0.5, 0.6) is 17.2 Å². The summed E-state index contributed by atoms with van der Waals surface area (Å²) in [4.78, 5) is 12.2. The quantitative estimate of drug-likeness (QED) is 0.139. The molecule has 1 aromatic carbocycles. The molecule has 0 spiro atoms. The van der Waals surface area contributed by atoms with Crippen molar-refractivity contribution >= 4 is 38.2 Å². The van der Waals surface area contributed by atoms with Crippen LogP contribution in [-0.4, -0.2) is 66.0 Å². The van der Waals surface area contributed by atoms with E-state index in [9.17, 15) is 4.79 Å². The van der Waals surface area contributed by atoms with Crippen LogP contribution in [0.4, 0.5) is 0 Å². The summed E-state index contributed by atoms with van der Waals surface area (Å²) >= 11 is 0. The number of hydrogen-bond donors (Lipinski definition) is 0. The lowest BCUT2D eigenvalue weighted by Crippen LogP contribution is -2.43. The number of carbonyl (C=O) groups is 1. The minimum atomic E-state index is -1.66. The fourth-order valence-electron chi connectivity index (χ4n) is 3.27. The highest BCUT2D eigenvalue weighted by Gasteiger charge is 2.27. The molecule has 0 N–H and O–H groups in total. The van der Waals surface area contributed by atoms with Gasteiger partial charge in [-0.25, -0.2) is 4.79 Å². The maximum absolute atomic E-state index is 12.2. The molecule has 1 rings (SSSR count). The van der Waals surface area contributed by atoms with Gasteiger partial charge < -0.3 is 27.8 Å². The first-order chi connectivity index (χ1) is 15.8. The molecule has 0 fully saturated rings. The highest BCUT2D eigenvalue weighted by atomic mass is 28.4. The van der Waals surface area contributed by atoms with Crippen LogP contribution >= 0.6 is 0 Å². The zero-order valence-electron chi connectivity index (χ0n) is 22.7. The predicted molar refractivity (Wildman–Crippen MR) is 146 cm³/mol. The van der Waals surface area contributed by atoms with Gasteiger partial charge in [-0.3, -0.25) is 0 Å². The van der Waals surface area contributed by atoms with Gasteiger partial charge in [0.15, 0.2) is 28.1 Å². The Balaban J connectivity index is 2.55. The second-order valence-corrected chi connectivity index (χ2v) is 21.1. The molecule has 0 saturated heterocycles. The molecule has 10 heteroatoms. The Kier molecular flexibility index (Phi) is 12.6. The first kappa shape index (κ1) is 30.4. The molecule has 1 atom stereocenters. The largest absolute Gasteiger partial charge is 0.493 e. The Morgan fingerprint density at radius 1 is 0.941 bits per heavy atom. The van der Waals surface area contributed by atoms with Crippen LogP contribution in [0.25, 0.3) is 6.08 Å². The lowest BCUT2D eigenvalue weighted by atomic mass is 10.1. The summed E-state index contributed by atoms with van der Waals surface area (Å²) in [5, 5.41) is 0. The van der Waals surface area contributed by atoms with E-state index >= 15 is 0 Å². The molecule has 0 aliphatic heterocycles. The van der Waals surface area contributed by atoms with Gasteiger partial charge in [-0.05, 0) is 75.4 Å². The summed E-state index contributed by atoms with van der Waals surface area (Å²) in [7, 11) is 0.796. The third kappa shape index (κ3) is 12.2. The highest BCUT2D eigenvalue weighted by molar-refractivity contribution is 6.71. The van der Waals surface area contributed by atoms with Crippen LogP contribution in [-0.2, 0) is 18.4 Å². The highest BCUT2D eigenvalue weighted by Crippen LogP contribution is 2.38. The minimum absolute atomic E-state index is 0.00949. The molecule has 0 aromatic heterocycles. The van der Waals surface area contributed by atoms with E-state index in [4.69, 9.17) is 27.8 Å². The third-order valence-electron chi connectivity index (χ3n) is 4.82. The van der Waals surface area contributed by atoms with E-state index in [0.29, 0.717) is 29.8 Å². The number of hydrogen-bond acceptors (Lipinski definition) is 7. The number of methoxy groups -OCH3 is 3. The zero-order valence-corrected chi connectivity index (χ0v) is 26.1. The van der Waals surface area contributed by atoms with Crippen molar-refractivity contribution in [1.82, 2.24) is 0 Å². The van der Waals surface area contributed by atoms with Crippen molar-refractivity contribution in [2.24, 2.45) is 5.92 Å². The second-order valence-electron chi connectivity index (χ2n) is 10.3. The molecule has 0 aliphatic carbocycles. The van der Waals surface area contributed by atoms with E-state index in [1.165, 1.54) is 6.08 Å². The lowest BCUT2D eigenvalue weighted by molar-refractivity contribution is -0.137. The first-order valence-corrected chi connectivity index (χ1v) is 20.4. The first-order valence-electron chi connectivity index (χ1n) is 11.8. The standard InChI is InChI=1S/C24H44O7Si3/c1-18(17-32-24(30-33(5,6)7)31-34(8,9)10)13-14-29-22(25)12-11-19-15-20(26-2)23(28-4)21(16-19)27-3/h11-12,15-16,18,24H,13-14,17,32H2,1-10H3/b12-11+. The van der Waals surface area contributed by atoms with Gasteiger partial charge >= 0.3 is 5.97 Å². The van der Waals surface area contributed by atoms with Gasteiger partial charge in [0.1, 0.15) is 5.91 Å². The summed E-state index contributed by atoms with van der Waals surface area (Å²) in [5.41, 5.74) is 0.752. The fourth-order valence-corrected chi connectivity index (χ4v) is 10.1. The summed E-state index contributed by atoms with van der Waals surface area (Å²) in [6.07, 6.45) is 3.91. The third-order valence-corrected chi connectivity index (χ3v) is 9.55. The summed E-state index contributed by atoms with van der Waals surface area (Å²) < 4.78 is 34.1. The van der Waals surface area contributed by atoms with Crippen molar-refractivity contribution in [2.45, 2.75) is 64.6 Å². The van der Waals surface area contributed by atoms with E-state index in [2.05, 4.69) is 46.2 Å². The molecular formula is C24H44O7Si3. The van der Waals surface area contributed by atoms with Gasteiger partial charge in [0.2, 0.25) is 5.75 Å². The topological polar surface area (TPSA) is 72.5 Å². The Hall–Kier alpha value is -1.60. The normalized spacial score (nSPS) is 13.6. The smallest absolute Gasteiger partial charge is 0.330 e. The molecule has 0 bridgehead atoms. The van der Waals surface area contributed by atoms with Gasteiger partial charge in [-0.15, -0.1) is 0 Å². The maximum Gasteiger partial charge on any atom is 0.330 e. The Morgan fingerprint density at radius 2 is 1.47 bits per heavy atom. The lowest BCUT2D eigenvalue weighted by Gasteiger charge is -2.32. The molecule has 1 aromatic rings. The molecule has 34 heavy (non-hydrogen) atoms. The van der Waals surface area contributed by atoms with Crippen molar-refractivity contribution in [1.29, 1.82) is 0 Å². The van der Waals surface area contributed by atoms with Crippen LogP contribution < -0.4 is 14.2 Å². The van der Waals surface area contributed by atoms with Crippen molar-refractivity contribution in [3.63, 3.8) is 0 Å².